The third-order valence-corrected chi connectivity index (χ3v) is 4.31. The van der Waals surface area contributed by atoms with Gasteiger partial charge in [-0.15, -0.1) is 5.10 Å². The Kier molecular flexibility index (Phi) is 5.33. The largest absolute Gasteiger partial charge is 0.497 e. The van der Waals surface area contributed by atoms with E-state index in [1.165, 1.54) is 0 Å². The monoisotopic (exact) mass is 372 g/mol. The first kappa shape index (κ1) is 17.8. The fourth-order valence-electron chi connectivity index (χ4n) is 2.89. The van der Waals surface area contributed by atoms with Crippen molar-refractivity contribution in [3.8, 4) is 17.0 Å². The van der Waals surface area contributed by atoms with Gasteiger partial charge in [0.25, 0.3) is 0 Å². The van der Waals surface area contributed by atoms with E-state index in [1.54, 1.807) is 18.0 Å². The molecule has 4 rings (SSSR count). The first-order valence-electron chi connectivity index (χ1n) is 9.04. The van der Waals surface area contributed by atoms with Gasteiger partial charge in [0, 0.05) is 11.8 Å². The predicted molar refractivity (Wildman–Crippen MR) is 109 cm³/mol. The summed E-state index contributed by atoms with van der Waals surface area (Å²) in [6, 6.07) is 7.74. The summed E-state index contributed by atoms with van der Waals surface area (Å²) in [5.74, 6) is 0.776. The zero-order valence-electron chi connectivity index (χ0n) is 15.6. The smallest absolute Gasteiger partial charge is 0.221 e. The summed E-state index contributed by atoms with van der Waals surface area (Å²) in [5.41, 5.74) is 3.99. The van der Waals surface area contributed by atoms with E-state index < -0.39 is 0 Å². The number of methoxy groups -OCH3 is 1. The fourth-order valence-corrected chi connectivity index (χ4v) is 2.89. The molecule has 0 fully saturated rings. The minimum Gasteiger partial charge on any atom is -0.497 e. The van der Waals surface area contributed by atoms with Gasteiger partial charge in [-0.25, -0.2) is 14.6 Å². The number of fused-ring (bicyclic) bond motifs is 1. The van der Waals surface area contributed by atoms with Crippen LogP contribution in [0.5, 0.6) is 5.75 Å². The van der Waals surface area contributed by atoms with Gasteiger partial charge in [-0.1, -0.05) is 41.7 Å². The maximum absolute atomic E-state index is 5.31. The molecular formula is C21H20N6O. The molecule has 1 aromatic carbocycles. The van der Waals surface area contributed by atoms with Crippen LogP contribution in [0, 0.1) is 0 Å². The molecule has 0 saturated heterocycles. The van der Waals surface area contributed by atoms with Crippen molar-refractivity contribution < 1.29 is 4.74 Å². The van der Waals surface area contributed by atoms with Gasteiger partial charge < -0.3 is 4.74 Å². The highest BCUT2D eigenvalue weighted by Crippen LogP contribution is 2.23. The fraction of sp³-hybridized carbons (Fsp3) is 0.190. The molecule has 0 amide bonds. The maximum Gasteiger partial charge on any atom is 0.221 e. The van der Waals surface area contributed by atoms with Crippen molar-refractivity contribution in [3.63, 3.8) is 0 Å². The highest BCUT2D eigenvalue weighted by Gasteiger charge is 2.11. The Morgan fingerprint density at radius 2 is 2.18 bits per heavy atom. The highest BCUT2D eigenvalue weighted by atomic mass is 16.5. The molecule has 0 spiro atoms. The second-order valence-corrected chi connectivity index (χ2v) is 6.24. The summed E-state index contributed by atoms with van der Waals surface area (Å²) in [6.07, 6.45) is 14.7. The van der Waals surface area contributed by atoms with Gasteiger partial charge >= 0.3 is 0 Å². The Balaban J connectivity index is 1.66. The number of ether oxygens (including phenoxy) is 1. The Bertz CT molecular complexity index is 1090. The molecule has 7 nitrogen and oxygen atoms in total. The summed E-state index contributed by atoms with van der Waals surface area (Å²) in [5, 5.41) is 8.40. The number of hydrogen-bond donors (Lipinski definition) is 0. The number of aromatic nitrogens is 5. The molecule has 1 aliphatic heterocycles. The van der Waals surface area contributed by atoms with Crippen LogP contribution in [0.25, 0.3) is 22.6 Å². The quantitative estimate of drug-likeness (QED) is 0.701. The van der Waals surface area contributed by atoms with Crippen molar-refractivity contribution in [2.45, 2.75) is 13.0 Å². The van der Waals surface area contributed by atoms with E-state index in [0.29, 0.717) is 24.4 Å². The van der Waals surface area contributed by atoms with Crippen LogP contribution in [-0.4, -0.2) is 44.8 Å². The Labute approximate surface area is 162 Å². The predicted octanol–water partition coefficient (Wildman–Crippen LogP) is 3.41. The van der Waals surface area contributed by atoms with Crippen LogP contribution >= 0.6 is 0 Å². The molecule has 0 unspecified atom stereocenters. The lowest BCUT2D eigenvalue weighted by Crippen LogP contribution is -2.04. The van der Waals surface area contributed by atoms with E-state index in [4.69, 9.17) is 9.72 Å². The Hall–Kier alpha value is -3.61. The van der Waals surface area contributed by atoms with Crippen LogP contribution in [0.2, 0.25) is 0 Å². The molecule has 0 bridgehead atoms. The van der Waals surface area contributed by atoms with Crippen molar-refractivity contribution in [1.82, 2.24) is 25.0 Å². The average molecular weight is 372 g/mol. The van der Waals surface area contributed by atoms with Crippen LogP contribution in [0.3, 0.4) is 0 Å². The normalized spacial score (nSPS) is 19.5. The maximum atomic E-state index is 5.31. The van der Waals surface area contributed by atoms with Crippen molar-refractivity contribution in [1.29, 1.82) is 0 Å². The molecule has 0 atom stereocenters. The summed E-state index contributed by atoms with van der Waals surface area (Å²) >= 11 is 0. The van der Waals surface area contributed by atoms with Gasteiger partial charge in [0.1, 0.15) is 5.75 Å². The van der Waals surface area contributed by atoms with Crippen molar-refractivity contribution in [2.24, 2.45) is 4.99 Å². The molecule has 0 radical (unpaired) electrons. The third-order valence-electron chi connectivity index (χ3n) is 4.31. The minimum absolute atomic E-state index is 0.528. The van der Waals surface area contributed by atoms with Gasteiger partial charge in [-0.2, -0.15) is 0 Å². The zero-order valence-corrected chi connectivity index (χ0v) is 15.6. The van der Waals surface area contributed by atoms with Crippen LogP contribution in [0.1, 0.15) is 6.42 Å². The highest BCUT2D eigenvalue weighted by molar-refractivity contribution is 5.71. The van der Waals surface area contributed by atoms with E-state index in [-0.39, 0.29) is 0 Å². The van der Waals surface area contributed by atoms with Crippen molar-refractivity contribution in [3.05, 3.63) is 66.4 Å². The lowest BCUT2D eigenvalue weighted by molar-refractivity contribution is 0.415. The number of aliphatic imine (C=N–C) groups is 1. The molecule has 0 saturated carbocycles. The first-order chi connectivity index (χ1) is 13.8. The molecule has 3 aromatic rings. The van der Waals surface area contributed by atoms with E-state index in [0.717, 1.165) is 29.0 Å². The minimum atomic E-state index is 0.528. The first-order valence-corrected chi connectivity index (χ1v) is 9.04. The molecule has 3 heterocycles. The van der Waals surface area contributed by atoms with Gasteiger partial charge in [0.2, 0.25) is 5.65 Å². The van der Waals surface area contributed by atoms with E-state index in [1.807, 2.05) is 42.6 Å². The number of rotatable bonds is 4. The van der Waals surface area contributed by atoms with E-state index in [9.17, 15) is 0 Å². The lowest BCUT2D eigenvalue weighted by Gasteiger charge is -2.06. The van der Waals surface area contributed by atoms with Gasteiger partial charge in [0.15, 0.2) is 5.65 Å². The van der Waals surface area contributed by atoms with E-state index in [2.05, 4.69) is 38.5 Å². The molecule has 0 aliphatic carbocycles. The van der Waals surface area contributed by atoms with Crippen LogP contribution in [-0.2, 0) is 6.54 Å². The molecular weight excluding hydrogens is 352 g/mol. The Morgan fingerprint density at radius 3 is 3.11 bits per heavy atom. The van der Waals surface area contributed by atoms with Gasteiger partial charge in [-0.3, -0.25) is 4.99 Å². The Morgan fingerprint density at radius 1 is 1.21 bits per heavy atom. The van der Waals surface area contributed by atoms with Crippen molar-refractivity contribution in [2.75, 3.05) is 13.7 Å². The molecule has 2 aromatic heterocycles. The second-order valence-electron chi connectivity index (χ2n) is 6.24. The standard InChI is InChI=1S/C21H20N6O/c1-28-18-10-5-9-17(13-18)19-14-23-20-21(24-19)27(26-25-20)15-16-7-3-2-4-11-22-12-6-8-16/h2,4-11,13-14H,3,12,15H2,1H3/b4-2-,8-6-,16-7+,22-11-. The van der Waals surface area contributed by atoms with Crippen molar-refractivity contribution >= 4 is 17.5 Å². The molecule has 7 heteroatoms. The number of nitrogens with zero attached hydrogens (tertiary/aromatic N) is 6. The molecule has 1 aliphatic rings. The summed E-state index contributed by atoms with van der Waals surface area (Å²) in [4.78, 5) is 13.5. The second kappa shape index (κ2) is 8.39. The average Bonchev–Trinajstić information content (AvgIpc) is 3.15. The molecule has 28 heavy (non-hydrogen) atoms. The zero-order chi connectivity index (χ0) is 19.2. The SMILES string of the molecule is COc1cccc(-c2cnc3nnn(CC4=C/C/C=C\C=N/C/C=C\4)c3n2)c1. The van der Waals surface area contributed by atoms with Gasteiger partial charge in [0.05, 0.1) is 32.1 Å². The lowest BCUT2D eigenvalue weighted by atomic mass is 10.1. The number of hydrogen-bond acceptors (Lipinski definition) is 6. The van der Waals surface area contributed by atoms with E-state index >= 15 is 0 Å². The number of benzene rings is 1. The summed E-state index contributed by atoms with van der Waals surface area (Å²) < 4.78 is 7.08. The van der Waals surface area contributed by atoms with Crippen LogP contribution in [0.15, 0.2) is 71.4 Å². The third kappa shape index (κ3) is 4.03. The topological polar surface area (TPSA) is 78.1 Å². The van der Waals surface area contributed by atoms with Gasteiger partial charge in [-0.05, 0) is 30.2 Å². The number of allylic oxidation sites excluding steroid dienone is 5. The van der Waals surface area contributed by atoms with Crippen LogP contribution in [0.4, 0.5) is 0 Å². The molecule has 140 valence electrons. The summed E-state index contributed by atoms with van der Waals surface area (Å²) in [6.45, 7) is 1.22. The summed E-state index contributed by atoms with van der Waals surface area (Å²) in [7, 11) is 1.65. The van der Waals surface area contributed by atoms with Crippen LogP contribution < -0.4 is 4.74 Å². The molecule has 0 N–H and O–H groups in total.